The first kappa shape index (κ1) is 9.45. The van der Waals surface area contributed by atoms with Crippen LogP contribution in [-0.2, 0) is 9.53 Å². The first-order valence-corrected chi connectivity index (χ1v) is 3.68. The van der Waals surface area contributed by atoms with Crippen molar-refractivity contribution in [3.8, 4) is 0 Å². The van der Waals surface area contributed by atoms with Crippen LogP contribution in [0.15, 0.2) is 30.8 Å². The van der Waals surface area contributed by atoms with Crippen molar-refractivity contribution < 1.29 is 13.9 Å². The third kappa shape index (κ3) is 2.15. The Morgan fingerprint density at radius 3 is 2.38 bits per heavy atom. The van der Waals surface area contributed by atoms with Crippen molar-refractivity contribution in [3.05, 3.63) is 42.2 Å². The number of carbonyl (C=O) groups is 1. The summed E-state index contributed by atoms with van der Waals surface area (Å²) < 4.78 is 17.0. The van der Waals surface area contributed by atoms with Crippen LogP contribution >= 0.6 is 0 Å². The Kier molecular flexibility index (Phi) is 2.80. The summed E-state index contributed by atoms with van der Waals surface area (Å²) in [6.07, 6.45) is 0. The van der Waals surface area contributed by atoms with Gasteiger partial charge in [-0.3, -0.25) is 0 Å². The zero-order chi connectivity index (χ0) is 9.84. The third-order valence-electron chi connectivity index (χ3n) is 1.62. The number of hydrogen-bond donors (Lipinski definition) is 0. The van der Waals surface area contributed by atoms with Gasteiger partial charge in [0.25, 0.3) is 0 Å². The highest BCUT2D eigenvalue weighted by Crippen LogP contribution is 2.13. The second kappa shape index (κ2) is 3.85. The number of methoxy groups -OCH3 is 1. The van der Waals surface area contributed by atoms with Crippen LogP contribution in [0.25, 0.3) is 5.57 Å². The van der Waals surface area contributed by atoms with E-state index >= 15 is 0 Å². The molecule has 0 heterocycles. The summed E-state index contributed by atoms with van der Waals surface area (Å²) in [6, 6.07) is 5.50. The van der Waals surface area contributed by atoms with Gasteiger partial charge in [-0.05, 0) is 17.7 Å². The number of carbonyl (C=O) groups excluding carboxylic acids is 1. The van der Waals surface area contributed by atoms with E-state index in [2.05, 4.69) is 11.3 Å². The predicted octanol–water partition coefficient (Wildman–Crippen LogP) is 2.01. The van der Waals surface area contributed by atoms with Crippen molar-refractivity contribution in [3.63, 3.8) is 0 Å². The molecule has 1 aromatic carbocycles. The van der Waals surface area contributed by atoms with Crippen LogP contribution in [-0.4, -0.2) is 13.1 Å². The molecule has 0 aliphatic heterocycles. The van der Waals surface area contributed by atoms with Crippen LogP contribution in [0, 0.1) is 5.82 Å². The van der Waals surface area contributed by atoms with Gasteiger partial charge in [0.2, 0.25) is 0 Å². The van der Waals surface area contributed by atoms with E-state index in [0.29, 0.717) is 5.56 Å². The maximum Gasteiger partial charge on any atom is 0.337 e. The molecule has 0 radical (unpaired) electrons. The number of hydrogen-bond acceptors (Lipinski definition) is 2. The van der Waals surface area contributed by atoms with Gasteiger partial charge < -0.3 is 4.74 Å². The summed E-state index contributed by atoms with van der Waals surface area (Å²) in [5, 5.41) is 0. The highest BCUT2D eigenvalue weighted by atomic mass is 19.1. The summed E-state index contributed by atoms with van der Waals surface area (Å²) >= 11 is 0. The summed E-state index contributed by atoms with van der Waals surface area (Å²) in [7, 11) is 1.27. The number of esters is 1. The van der Waals surface area contributed by atoms with Crippen LogP contribution in [0.5, 0.6) is 0 Å². The smallest absolute Gasteiger partial charge is 0.337 e. The molecule has 0 bridgehead atoms. The van der Waals surface area contributed by atoms with Gasteiger partial charge in [-0.1, -0.05) is 18.7 Å². The topological polar surface area (TPSA) is 26.3 Å². The first-order chi connectivity index (χ1) is 6.15. The minimum Gasteiger partial charge on any atom is -0.465 e. The third-order valence-corrected chi connectivity index (χ3v) is 1.62. The lowest BCUT2D eigenvalue weighted by Crippen LogP contribution is -2.02. The molecule has 2 nitrogen and oxygen atoms in total. The fourth-order valence-electron chi connectivity index (χ4n) is 0.892. The molecule has 0 saturated heterocycles. The molecule has 0 aliphatic rings. The second-order valence-electron chi connectivity index (χ2n) is 2.48. The second-order valence-corrected chi connectivity index (χ2v) is 2.48. The highest BCUT2D eigenvalue weighted by molar-refractivity contribution is 6.15. The molecule has 13 heavy (non-hydrogen) atoms. The summed E-state index contributed by atoms with van der Waals surface area (Å²) in [5.41, 5.74) is 0.788. The lowest BCUT2D eigenvalue weighted by Gasteiger charge is -2.02. The Hall–Kier alpha value is -1.64. The lowest BCUT2D eigenvalue weighted by atomic mass is 10.1. The summed E-state index contributed by atoms with van der Waals surface area (Å²) in [6.45, 7) is 3.53. The van der Waals surface area contributed by atoms with E-state index in [1.165, 1.54) is 31.4 Å². The fourth-order valence-corrected chi connectivity index (χ4v) is 0.892. The van der Waals surface area contributed by atoms with Crippen molar-refractivity contribution in [2.24, 2.45) is 0 Å². The predicted molar refractivity (Wildman–Crippen MR) is 47.5 cm³/mol. The maximum absolute atomic E-state index is 12.5. The molecule has 0 unspecified atom stereocenters. The minimum absolute atomic E-state index is 0.225. The normalized spacial score (nSPS) is 9.38. The maximum atomic E-state index is 12.5. The highest BCUT2D eigenvalue weighted by Gasteiger charge is 2.08. The molecular weight excluding hydrogens is 171 g/mol. The van der Waals surface area contributed by atoms with E-state index in [1.807, 2.05) is 0 Å². The standard InChI is InChI=1S/C10H9FO2/c1-7(10(12)13-2)8-3-5-9(11)6-4-8/h3-6H,1H2,2H3. The molecule has 0 saturated carbocycles. The number of rotatable bonds is 2. The Bertz CT molecular complexity index is 327. The molecule has 0 atom stereocenters. The van der Waals surface area contributed by atoms with Gasteiger partial charge in [0.05, 0.1) is 12.7 Å². The van der Waals surface area contributed by atoms with E-state index in [4.69, 9.17) is 0 Å². The molecule has 0 fully saturated rings. The summed E-state index contributed by atoms with van der Waals surface area (Å²) in [5.74, 6) is -0.854. The molecule has 3 heteroatoms. The Morgan fingerprint density at radius 2 is 1.92 bits per heavy atom. The van der Waals surface area contributed by atoms with Crippen molar-refractivity contribution in [2.75, 3.05) is 7.11 Å². The van der Waals surface area contributed by atoms with Crippen LogP contribution < -0.4 is 0 Å². The molecule has 0 amide bonds. The van der Waals surface area contributed by atoms with Gasteiger partial charge >= 0.3 is 5.97 Å². The van der Waals surface area contributed by atoms with Gasteiger partial charge in [-0.2, -0.15) is 0 Å². The van der Waals surface area contributed by atoms with E-state index < -0.39 is 5.97 Å². The quantitative estimate of drug-likeness (QED) is 0.514. The minimum atomic E-state index is -0.508. The SMILES string of the molecule is C=C(C(=O)OC)c1ccc(F)cc1. The zero-order valence-corrected chi connectivity index (χ0v) is 7.21. The van der Waals surface area contributed by atoms with E-state index in [9.17, 15) is 9.18 Å². The van der Waals surface area contributed by atoms with E-state index in [1.54, 1.807) is 0 Å². The van der Waals surface area contributed by atoms with Gasteiger partial charge in [0.1, 0.15) is 5.82 Å². The monoisotopic (exact) mass is 180 g/mol. The van der Waals surface area contributed by atoms with Gasteiger partial charge in [0.15, 0.2) is 0 Å². The Labute approximate surface area is 75.6 Å². The van der Waals surface area contributed by atoms with E-state index in [-0.39, 0.29) is 11.4 Å². The van der Waals surface area contributed by atoms with Gasteiger partial charge in [0, 0.05) is 0 Å². The molecule has 0 N–H and O–H groups in total. The largest absolute Gasteiger partial charge is 0.465 e. The molecular formula is C10H9FO2. The number of halogens is 1. The Balaban J connectivity index is 2.90. The average Bonchev–Trinajstić information content (AvgIpc) is 2.17. The summed E-state index contributed by atoms with van der Waals surface area (Å²) in [4.78, 5) is 11.0. The van der Waals surface area contributed by atoms with Crippen LogP contribution in [0.3, 0.4) is 0 Å². The van der Waals surface area contributed by atoms with Crippen molar-refractivity contribution >= 4 is 11.5 Å². The van der Waals surface area contributed by atoms with Crippen molar-refractivity contribution in [1.82, 2.24) is 0 Å². The molecule has 1 aromatic rings. The zero-order valence-electron chi connectivity index (χ0n) is 7.21. The fraction of sp³-hybridized carbons (Fsp3) is 0.100. The van der Waals surface area contributed by atoms with Crippen molar-refractivity contribution in [1.29, 1.82) is 0 Å². The Morgan fingerprint density at radius 1 is 1.38 bits per heavy atom. The molecule has 1 rings (SSSR count). The van der Waals surface area contributed by atoms with Gasteiger partial charge in [-0.15, -0.1) is 0 Å². The molecule has 0 spiro atoms. The average molecular weight is 180 g/mol. The van der Waals surface area contributed by atoms with Crippen LogP contribution in [0.4, 0.5) is 4.39 Å². The van der Waals surface area contributed by atoms with Crippen molar-refractivity contribution in [2.45, 2.75) is 0 Å². The molecule has 0 aromatic heterocycles. The molecule has 0 aliphatic carbocycles. The first-order valence-electron chi connectivity index (χ1n) is 3.68. The lowest BCUT2D eigenvalue weighted by molar-refractivity contribution is -0.133. The van der Waals surface area contributed by atoms with Crippen LogP contribution in [0.1, 0.15) is 5.56 Å². The van der Waals surface area contributed by atoms with E-state index in [0.717, 1.165) is 0 Å². The van der Waals surface area contributed by atoms with Gasteiger partial charge in [-0.25, -0.2) is 9.18 Å². The van der Waals surface area contributed by atoms with Crippen LogP contribution in [0.2, 0.25) is 0 Å². The number of ether oxygens (including phenoxy) is 1. The molecule has 68 valence electrons. The number of benzene rings is 1.